The Labute approximate surface area is 195 Å². The lowest BCUT2D eigenvalue weighted by Crippen LogP contribution is -2.42. The summed E-state index contributed by atoms with van der Waals surface area (Å²) in [7, 11) is 0. The number of nitrogens with zero attached hydrogens (tertiary/aromatic N) is 1. The molecule has 0 unspecified atom stereocenters. The molecule has 10 heteroatoms. The molecule has 3 N–H and O–H groups in total. The number of carbonyl (C=O) groups excluding carboxylic acids is 2. The van der Waals surface area contributed by atoms with Gasteiger partial charge in [0, 0.05) is 23.8 Å². The fraction of sp³-hybridized carbons (Fsp3) is 0.391. The van der Waals surface area contributed by atoms with E-state index < -0.39 is 17.8 Å². The van der Waals surface area contributed by atoms with Gasteiger partial charge in [-0.25, -0.2) is 4.79 Å². The van der Waals surface area contributed by atoms with Gasteiger partial charge in [-0.1, -0.05) is 23.7 Å². The van der Waals surface area contributed by atoms with Crippen LogP contribution in [0.3, 0.4) is 0 Å². The molecule has 33 heavy (non-hydrogen) atoms. The summed E-state index contributed by atoms with van der Waals surface area (Å²) in [6.07, 6.45) is -2.50. The van der Waals surface area contributed by atoms with Gasteiger partial charge in [-0.05, 0) is 73.8 Å². The zero-order valence-electron chi connectivity index (χ0n) is 17.9. The molecule has 3 rings (SSSR count). The van der Waals surface area contributed by atoms with Gasteiger partial charge in [0.15, 0.2) is 0 Å². The van der Waals surface area contributed by atoms with E-state index in [4.69, 9.17) is 11.6 Å². The SMILES string of the molecule is O=C(CNC(=O)Nc1ccc(C(F)(F)F)cc1)NCC1CCN(Cc2ccc(Cl)cc2)CC1. The Morgan fingerprint density at radius 1 is 0.970 bits per heavy atom. The highest BCUT2D eigenvalue weighted by atomic mass is 35.5. The van der Waals surface area contributed by atoms with Crippen LogP contribution in [0.2, 0.25) is 5.02 Å². The second-order valence-corrected chi connectivity index (χ2v) is 8.47. The predicted molar refractivity (Wildman–Crippen MR) is 121 cm³/mol. The van der Waals surface area contributed by atoms with E-state index in [1.54, 1.807) is 0 Å². The van der Waals surface area contributed by atoms with Gasteiger partial charge >= 0.3 is 12.2 Å². The van der Waals surface area contributed by atoms with Gasteiger partial charge in [-0.3, -0.25) is 9.69 Å². The minimum atomic E-state index is -4.44. The number of halogens is 4. The Morgan fingerprint density at radius 3 is 2.21 bits per heavy atom. The van der Waals surface area contributed by atoms with E-state index in [-0.39, 0.29) is 18.1 Å². The van der Waals surface area contributed by atoms with Crippen molar-refractivity contribution in [1.29, 1.82) is 0 Å². The number of anilines is 1. The molecular formula is C23H26ClF3N4O2. The van der Waals surface area contributed by atoms with Gasteiger partial charge in [0.05, 0.1) is 12.1 Å². The number of alkyl halides is 3. The molecule has 3 amide bonds. The van der Waals surface area contributed by atoms with E-state index in [2.05, 4.69) is 20.9 Å². The molecule has 2 aromatic carbocycles. The molecule has 1 aliphatic rings. The van der Waals surface area contributed by atoms with Crippen LogP contribution in [0.4, 0.5) is 23.7 Å². The second kappa shape index (κ2) is 11.4. The molecule has 0 radical (unpaired) electrons. The number of carbonyl (C=O) groups is 2. The highest BCUT2D eigenvalue weighted by molar-refractivity contribution is 6.30. The van der Waals surface area contributed by atoms with Gasteiger partial charge < -0.3 is 16.0 Å². The molecule has 6 nitrogen and oxygen atoms in total. The molecule has 0 aromatic heterocycles. The molecule has 0 spiro atoms. The third kappa shape index (κ3) is 8.25. The summed E-state index contributed by atoms with van der Waals surface area (Å²) in [5, 5.41) is 8.35. The average Bonchev–Trinajstić information content (AvgIpc) is 2.78. The van der Waals surface area contributed by atoms with Gasteiger partial charge in [0.25, 0.3) is 0 Å². The summed E-state index contributed by atoms with van der Waals surface area (Å²) in [5.74, 6) is 0.0533. The lowest BCUT2D eigenvalue weighted by atomic mass is 9.96. The zero-order chi connectivity index (χ0) is 23.8. The minimum absolute atomic E-state index is 0.200. The van der Waals surface area contributed by atoms with Crippen LogP contribution in [0.25, 0.3) is 0 Å². The number of nitrogens with one attached hydrogen (secondary N) is 3. The Kier molecular flexibility index (Phi) is 8.57. The van der Waals surface area contributed by atoms with Gasteiger partial charge in [0.1, 0.15) is 0 Å². The lowest BCUT2D eigenvalue weighted by molar-refractivity contribution is -0.137. The maximum absolute atomic E-state index is 12.6. The predicted octanol–water partition coefficient (Wildman–Crippen LogP) is 4.51. The van der Waals surface area contributed by atoms with E-state index >= 15 is 0 Å². The number of piperidine rings is 1. The van der Waals surface area contributed by atoms with Crippen molar-refractivity contribution in [2.75, 3.05) is 31.5 Å². The molecular weight excluding hydrogens is 457 g/mol. The number of amides is 3. The topological polar surface area (TPSA) is 73.5 Å². The van der Waals surface area contributed by atoms with Crippen molar-refractivity contribution in [1.82, 2.24) is 15.5 Å². The number of rotatable bonds is 7. The van der Waals surface area contributed by atoms with Crippen LogP contribution in [0.15, 0.2) is 48.5 Å². The number of hydrogen-bond donors (Lipinski definition) is 3. The van der Waals surface area contributed by atoms with Crippen LogP contribution in [0, 0.1) is 5.92 Å². The van der Waals surface area contributed by atoms with Gasteiger partial charge in [0.2, 0.25) is 5.91 Å². The molecule has 2 aromatic rings. The molecule has 178 valence electrons. The van der Waals surface area contributed by atoms with Crippen LogP contribution >= 0.6 is 11.6 Å². The van der Waals surface area contributed by atoms with E-state index in [1.165, 1.54) is 5.56 Å². The first kappa shape index (κ1) is 24.9. The minimum Gasteiger partial charge on any atom is -0.354 e. The number of benzene rings is 2. The van der Waals surface area contributed by atoms with Crippen molar-refractivity contribution < 1.29 is 22.8 Å². The van der Waals surface area contributed by atoms with Crippen molar-refractivity contribution in [2.24, 2.45) is 5.92 Å². The summed E-state index contributed by atoms with van der Waals surface area (Å²) in [4.78, 5) is 26.3. The quantitative estimate of drug-likeness (QED) is 0.543. The van der Waals surface area contributed by atoms with Crippen molar-refractivity contribution in [3.8, 4) is 0 Å². The summed E-state index contributed by atoms with van der Waals surface area (Å²) < 4.78 is 37.7. The molecule has 1 fully saturated rings. The first-order chi connectivity index (χ1) is 15.7. The summed E-state index contributed by atoms with van der Waals surface area (Å²) in [5.41, 5.74) is 0.613. The summed E-state index contributed by atoms with van der Waals surface area (Å²) >= 11 is 5.92. The molecule has 0 atom stereocenters. The maximum Gasteiger partial charge on any atom is 0.416 e. The molecule has 1 saturated heterocycles. The third-order valence-corrected chi connectivity index (χ3v) is 5.75. The van der Waals surface area contributed by atoms with Crippen LogP contribution < -0.4 is 16.0 Å². The van der Waals surface area contributed by atoms with E-state index in [1.807, 2.05) is 24.3 Å². The molecule has 0 aliphatic carbocycles. The molecule has 1 heterocycles. The Morgan fingerprint density at radius 2 is 1.61 bits per heavy atom. The Balaban J connectivity index is 1.30. The highest BCUT2D eigenvalue weighted by Gasteiger charge is 2.30. The van der Waals surface area contributed by atoms with Gasteiger partial charge in [-0.2, -0.15) is 13.2 Å². The first-order valence-electron chi connectivity index (χ1n) is 10.6. The van der Waals surface area contributed by atoms with Crippen LogP contribution in [-0.4, -0.2) is 43.0 Å². The van der Waals surface area contributed by atoms with Crippen LogP contribution in [0.1, 0.15) is 24.0 Å². The first-order valence-corrected chi connectivity index (χ1v) is 11.0. The Hall–Kier alpha value is -2.78. The van der Waals surface area contributed by atoms with Crippen molar-refractivity contribution in [3.63, 3.8) is 0 Å². The maximum atomic E-state index is 12.6. The van der Waals surface area contributed by atoms with E-state index in [9.17, 15) is 22.8 Å². The number of likely N-dealkylation sites (tertiary alicyclic amines) is 1. The van der Waals surface area contributed by atoms with Gasteiger partial charge in [-0.15, -0.1) is 0 Å². The average molecular weight is 483 g/mol. The molecule has 1 aliphatic heterocycles. The highest BCUT2D eigenvalue weighted by Crippen LogP contribution is 2.29. The molecule has 0 saturated carbocycles. The largest absolute Gasteiger partial charge is 0.416 e. The van der Waals surface area contributed by atoms with Crippen molar-refractivity contribution in [3.05, 3.63) is 64.7 Å². The number of urea groups is 1. The van der Waals surface area contributed by atoms with Crippen LogP contribution in [0.5, 0.6) is 0 Å². The van der Waals surface area contributed by atoms with Crippen molar-refractivity contribution in [2.45, 2.75) is 25.6 Å². The fourth-order valence-corrected chi connectivity index (χ4v) is 3.72. The summed E-state index contributed by atoms with van der Waals surface area (Å²) in [6, 6.07) is 11.2. The monoisotopic (exact) mass is 482 g/mol. The van der Waals surface area contributed by atoms with Crippen LogP contribution in [-0.2, 0) is 17.5 Å². The summed E-state index contributed by atoms with van der Waals surface area (Å²) in [6.45, 7) is 3.07. The standard InChI is InChI=1S/C23H26ClF3N4O2/c24-19-5-1-17(2-6-19)15-31-11-9-16(10-12-31)13-28-21(32)14-29-22(33)30-20-7-3-18(4-8-20)23(25,26)27/h1-8,16H,9-15H2,(H,28,32)(H2,29,30,33). The Bertz CT molecular complexity index is 928. The van der Waals surface area contributed by atoms with E-state index in [0.717, 1.165) is 61.8 Å². The third-order valence-electron chi connectivity index (χ3n) is 5.49. The van der Waals surface area contributed by atoms with E-state index in [0.29, 0.717) is 12.5 Å². The smallest absolute Gasteiger partial charge is 0.354 e. The fourth-order valence-electron chi connectivity index (χ4n) is 3.60. The molecule has 0 bridgehead atoms. The second-order valence-electron chi connectivity index (χ2n) is 8.03. The van der Waals surface area contributed by atoms with Crippen molar-refractivity contribution >= 4 is 29.2 Å². The number of hydrogen-bond acceptors (Lipinski definition) is 3. The zero-order valence-corrected chi connectivity index (χ0v) is 18.7. The normalized spacial score (nSPS) is 15.2. The lowest BCUT2D eigenvalue weighted by Gasteiger charge is -2.32.